The van der Waals surface area contributed by atoms with Crippen molar-refractivity contribution in [2.45, 2.75) is 46.2 Å². The van der Waals surface area contributed by atoms with Gasteiger partial charge in [-0.15, -0.1) is 0 Å². The van der Waals surface area contributed by atoms with Gasteiger partial charge in [0.05, 0.1) is 22.5 Å². The minimum atomic E-state index is -2.79. The summed E-state index contributed by atoms with van der Waals surface area (Å²) < 4.78 is 28.7. The minimum absolute atomic E-state index is 0.110. The largest absolute Gasteiger partial charge is 0.348 e. The number of amides is 1. The molecule has 0 fully saturated rings. The van der Waals surface area contributed by atoms with Crippen LogP contribution in [0.15, 0.2) is 6.20 Å². The van der Waals surface area contributed by atoms with E-state index in [9.17, 15) is 13.6 Å². The van der Waals surface area contributed by atoms with Crippen molar-refractivity contribution in [1.82, 2.24) is 24.9 Å². The van der Waals surface area contributed by atoms with Crippen LogP contribution in [0.25, 0.3) is 0 Å². The highest BCUT2D eigenvalue weighted by molar-refractivity contribution is 6.31. The second-order valence-corrected chi connectivity index (χ2v) is 6.16. The smallest absolute Gasteiger partial charge is 0.283 e. The molecule has 0 aliphatic rings. The molecule has 2 atom stereocenters. The first-order valence-electron chi connectivity index (χ1n) is 7.46. The SMILES string of the molecule is Cc1nn(C)cc1C(C)NC(=O)C(C)n1nc(C(F)F)c(Cl)c1C. The van der Waals surface area contributed by atoms with Crippen molar-refractivity contribution >= 4 is 17.5 Å². The van der Waals surface area contributed by atoms with Gasteiger partial charge in [0.2, 0.25) is 5.91 Å². The Bertz CT molecular complexity index is 755. The lowest BCUT2D eigenvalue weighted by Gasteiger charge is -2.18. The van der Waals surface area contributed by atoms with Crippen molar-refractivity contribution in [3.63, 3.8) is 0 Å². The Kier molecular flexibility index (Phi) is 5.27. The lowest BCUT2D eigenvalue weighted by atomic mass is 10.1. The van der Waals surface area contributed by atoms with E-state index in [1.54, 1.807) is 25.6 Å². The molecule has 9 heteroatoms. The summed E-state index contributed by atoms with van der Waals surface area (Å²) in [5.74, 6) is -0.339. The summed E-state index contributed by atoms with van der Waals surface area (Å²) in [5, 5.41) is 10.8. The Morgan fingerprint density at radius 1 is 1.29 bits per heavy atom. The van der Waals surface area contributed by atoms with E-state index in [1.165, 1.54) is 4.68 Å². The molecule has 0 spiro atoms. The van der Waals surface area contributed by atoms with E-state index in [-0.39, 0.29) is 17.0 Å². The number of hydrogen-bond acceptors (Lipinski definition) is 3. The Hall–Kier alpha value is -1.96. The van der Waals surface area contributed by atoms with Crippen LogP contribution in [0.3, 0.4) is 0 Å². The number of hydrogen-bond donors (Lipinski definition) is 1. The number of carbonyl (C=O) groups is 1. The standard InChI is InChI=1S/C15H20ClF2N5O/c1-7(11-6-22(5)20-8(11)2)19-15(24)10(4)23-9(3)12(16)13(21-23)14(17)18/h6-7,10,14H,1-5H3,(H,19,24). The summed E-state index contributed by atoms with van der Waals surface area (Å²) >= 11 is 5.88. The molecule has 24 heavy (non-hydrogen) atoms. The van der Waals surface area contributed by atoms with Crippen LogP contribution in [0.4, 0.5) is 8.78 Å². The van der Waals surface area contributed by atoms with Crippen molar-refractivity contribution in [3.05, 3.63) is 33.9 Å². The van der Waals surface area contributed by atoms with E-state index in [1.807, 2.05) is 20.0 Å². The summed E-state index contributed by atoms with van der Waals surface area (Å²) in [7, 11) is 1.80. The number of rotatable bonds is 5. The van der Waals surface area contributed by atoms with Crippen LogP contribution in [-0.4, -0.2) is 25.5 Å². The quantitative estimate of drug-likeness (QED) is 0.891. The van der Waals surface area contributed by atoms with Gasteiger partial charge < -0.3 is 5.32 Å². The highest BCUT2D eigenvalue weighted by atomic mass is 35.5. The highest BCUT2D eigenvalue weighted by Gasteiger charge is 2.26. The van der Waals surface area contributed by atoms with Gasteiger partial charge in [-0.2, -0.15) is 10.2 Å². The van der Waals surface area contributed by atoms with E-state index in [4.69, 9.17) is 11.6 Å². The molecule has 1 amide bonds. The van der Waals surface area contributed by atoms with Crippen LogP contribution in [0.1, 0.15) is 55.0 Å². The molecule has 0 radical (unpaired) electrons. The molecule has 0 bridgehead atoms. The van der Waals surface area contributed by atoms with Gasteiger partial charge in [-0.1, -0.05) is 11.6 Å². The number of aromatic nitrogens is 4. The van der Waals surface area contributed by atoms with Gasteiger partial charge in [-0.25, -0.2) is 8.78 Å². The van der Waals surface area contributed by atoms with Crippen LogP contribution in [0.2, 0.25) is 5.02 Å². The van der Waals surface area contributed by atoms with Crippen LogP contribution in [0, 0.1) is 13.8 Å². The molecular weight excluding hydrogens is 340 g/mol. The van der Waals surface area contributed by atoms with Gasteiger partial charge in [0, 0.05) is 18.8 Å². The highest BCUT2D eigenvalue weighted by Crippen LogP contribution is 2.30. The molecule has 2 unspecified atom stereocenters. The molecule has 1 N–H and O–H groups in total. The van der Waals surface area contributed by atoms with Gasteiger partial charge in [0.15, 0.2) is 0 Å². The van der Waals surface area contributed by atoms with Crippen LogP contribution < -0.4 is 5.32 Å². The van der Waals surface area contributed by atoms with E-state index < -0.39 is 18.2 Å². The Morgan fingerprint density at radius 3 is 2.38 bits per heavy atom. The maximum Gasteiger partial charge on any atom is 0.283 e. The fourth-order valence-electron chi connectivity index (χ4n) is 2.60. The third-order valence-electron chi connectivity index (χ3n) is 3.93. The summed E-state index contributed by atoms with van der Waals surface area (Å²) in [5.41, 5.74) is 1.53. The summed E-state index contributed by atoms with van der Waals surface area (Å²) in [4.78, 5) is 12.5. The maximum atomic E-state index is 12.9. The van der Waals surface area contributed by atoms with Crippen molar-refractivity contribution in [3.8, 4) is 0 Å². The van der Waals surface area contributed by atoms with E-state index >= 15 is 0 Å². The average molecular weight is 360 g/mol. The average Bonchev–Trinajstić information content (AvgIpc) is 2.98. The first kappa shape index (κ1) is 18.4. The number of alkyl halides is 2. The first-order chi connectivity index (χ1) is 11.1. The van der Waals surface area contributed by atoms with E-state index in [0.717, 1.165) is 11.3 Å². The van der Waals surface area contributed by atoms with Gasteiger partial charge in [-0.05, 0) is 27.7 Å². The van der Waals surface area contributed by atoms with Crippen molar-refractivity contribution < 1.29 is 13.6 Å². The Balaban J connectivity index is 2.18. The lowest BCUT2D eigenvalue weighted by molar-refractivity contribution is -0.124. The third kappa shape index (κ3) is 3.43. The molecule has 0 aliphatic heterocycles. The summed E-state index contributed by atoms with van der Waals surface area (Å²) in [6.45, 7) is 6.83. The van der Waals surface area contributed by atoms with Crippen LogP contribution in [0.5, 0.6) is 0 Å². The fraction of sp³-hybridized carbons (Fsp3) is 0.533. The van der Waals surface area contributed by atoms with Crippen molar-refractivity contribution in [2.24, 2.45) is 7.05 Å². The number of nitrogens with one attached hydrogen (secondary N) is 1. The van der Waals surface area contributed by atoms with Crippen LogP contribution >= 0.6 is 11.6 Å². The molecule has 0 saturated carbocycles. The Labute approximate surface area is 143 Å². The van der Waals surface area contributed by atoms with Crippen molar-refractivity contribution in [1.29, 1.82) is 0 Å². The predicted octanol–water partition coefficient (Wildman–Crippen LogP) is 3.26. The molecule has 2 aromatic heterocycles. The second-order valence-electron chi connectivity index (χ2n) is 5.78. The molecule has 2 heterocycles. The number of halogens is 3. The van der Waals surface area contributed by atoms with Gasteiger partial charge in [0.25, 0.3) is 6.43 Å². The van der Waals surface area contributed by atoms with Gasteiger partial charge >= 0.3 is 0 Å². The second kappa shape index (κ2) is 6.88. The lowest BCUT2D eigenvalue weighted by Crippen LogP contribution is -2.34. The topological polar surface area (TPSA) is 64.7 Å². The minimum Gasteiger partial charge on any atom is -0.348 e. The molecule has 0 aromatic carbocycles. The van der Waals surface area contributed by atoms with E-state index in [2.05, 4.69) is 15.5 Å². The zero-order valence-corrected chi connectivity index (χ0v) is 14.9. The molecular formula is C15H20ClF2N5O. The molecule has 2 aromatic rings. The Morgan fingerprint density at radius 2 is 1.92 bits per heavy atom. The monoisotopic (exact) mass is 359 g/mol. The van der Waals surface area contributed by atoms with Crippen molar-refractivity contribution in [2.75, 3.05) is 0 Å². The predicted molar refractivity (Wildman–Crippen MR) is 86.1 cm³/mol. The molecule has 6 nitrogen and oxygen atoms in total. The molecule has 0 aliphatic carbocycles. The zero-order chi connectivity index (χ0) is 18.2. The zero-order valence-electron chi connectivity index (χ0n) is 14.1. The first-order valence-corrected chi connectivity index (χ1v) is 7.84. The van der Waals surface area contributed by atoms with Crippen LogP contribution in [-0.2, 0) is 11.8 Å². The summed E-state index contributed by atoms with van der Waals surface area (Å²) in [6, 6.07) is -1.04. The van der Waals surface area contributed by atoms with Gasteiger partial charge in [0.1, 0.15) is 11.7 Å². The normalized spacial score (nSPS) is 14.0. The van der Waals surface area contributed by atoms with Gasteiger partial charge in [-0.3, -0.25) is 14.2 Å². The number of nitrogens with zero attached hydrogens (tertiary/aromatic N) is 4. The fourth-order valence-corrected chi connectivity index (χ4v) is 2.81. The number of carbonyl (C=O) groups excluding carboxylic acids is 1. The third-order valence-corrected chi connectivity index (χ3v) is 4.40. The number of aryl methyl sites for hydroxylation is 2. The summed E-state index contributed by atoms with van der Waals surface area (Å²) in [6.07, 6.45) is -0.958. The maximum absolute atomic E-state index is 12.9. The van der Waals surface area contributed by atoms with E-state index in [0.29, 0.717) is 5.69 Å². The molecule has 0 saturated heterocycles. The molecule has 132 valence electrons. The molecule has 2 rings (SSSR count).